The highest BCUT2D eigenvalue weighted by atomic mass is 16.7. The predicted octanol–water partition coefficient (Wildman–Crippen LogP) is 4.56. The Balaban J connectivity index is 1.42. The lowest BCUT2D eigenvalue weighted by atomic mass is 9.74. The lowest BCUT2D eigenvalue weighted by Crippen LogP contribution is -2.41. The van der Waals surface area contributed by atoms with Gasteiger partial charge in [0.15, 0.2) is 34.5 Å². The molecule has 8 nitrogen and oxygen atoms in total. The van der Waals surface area contributed by atoms with Crippen LogP contribution in [-0.2, 0) is 20.9 Å². The van der Waals surface area contributed by atoms with Crippen LogP contribution in [0, 0.1) is 11.8 Å². The Hall–Kier alpha value is -3.68. The van der Waals surface area contributed by atoms with Crippen molar-refractivity contribution < 1.29 is 33.3 Å². The van der Waals surface area contributed by atoms with Gasteiger partial charge in [-0.3, -0.25) is 9.59 Å². The Morgan fingerprint density at radius 3 is 2.68 bits per heavy atom. The van der Waals surface area contributed by atoms with Gasteiger partial charge in [-0.1, -0.05) is 19.1 Å². The predicted molar refractivity (Wildman–Crippen MR) is 133 cm³/mol. The van der Waals surface area contributed by atoms with Gasteiger partial charge in [-0.2, -0.15) is 0 Å². The van der Waals surface area contributed by atoms with E-state index in [1.165, 1.54) is 0 Å². The third-order valence-electron chi connectivity index (χ3n) is 7.80. The molecular weight excluding hydrogens is 474 g/mol. The van der Waals surface area contributed by atoms with E-state index in [4.69, 9.17) is 23.7 Å². The van der Waals surface area contributed by atoms with Crippen molar-refractivity contribution in [3.63, 3.8) is 0 Å². The highest BCUT2D eigenvalue weighted by Gasteiger charge is 2.52. The van der Waals surface area contributed by atoms with E-state index in [9.17, 15) is 9.59 Å². The van der Waals surface area contributed by atoms with E-state index in [0.29, 0.717) is 41.1 Å². The number of Topliss-reactive ketones (excluding diaryl/α,β-unsaturated/α-hetero) is 1. The summed E-state index contributed by atoms with van der Waals surface area (Å²) in [6.07, 6.45) is 2.31. The van der Waals surface area contributed by atoms with Crippen molar-refractivity contribution in [2.75, 3.05) is 20.5 Å². The van der Waals surface area contributed by atoms with Gasteiger partial charge in [-0.05, 0) is 67.5 Å². The number of benzene rings is 2. The molecule has 4 aliphatic rings. The molecule has 0 N–H and O–H groups in total. The quantitative estimate of drug-likeness (QED) is 0.569. The summed E-state index contributed by atoms with van der Waals surface area (Å²) in [4.78, 5) is 29.5. The first-order valence-corrected chi connectivity index (χ1v) is 12.9. The molecule has 4 atom stereocenters. The molecule has 1 aliphatic carbocycles. The molecule has 0 radical (unpaired) electrons. The van der Waals surface area contributed by atoms with Crippen LogP contribution >= 0.6 is 0 Å². The van der Waals surface area contributed by atoms with Crippen LogP contribution in [0.4, 0.5) is 0 Å². The van der Waals surface area contributed by atoms with Crippen molar-refractivity contribution in [1.82, 2.24) is 4.90 Å². The SMILES string of the molecule is CCOc1ccc(C2C3=C(OC4CCC(C)CC4C3=O)C(=O)N2Cc2ccc3c(c2)OCO3)cc1OC. The molecule has 8 heteroatoms. The molecule has 4 unspecified atom stereocenters. The van der Waals surface area contributed by atoms with E-state index < -0.39 is 6.04 Å². The number of methoxy groups -OCH3 is 1. The number of carbonyl (C=O) groups excluding carboxylic acids is 2. The molecule has 1 fully saturated rings. The molecule has 37 heavy (non-hydrogen) atoms. The number of hydrogen-bond donors (Lipinski definition) is 0. The second-order valence-corrected chi connectivity index (χ2v) is 10.2. The summed E-state index contributed by atoms with van der Waals surface area (Å²) in [7, 11) is 1.58. The molecule has 2 aromatic carbocycles. The van der Waals surface area contributed by atoms with Gasteiger partial charge in [0, 0.05) is 6.54 Å². The Kier molecular flexibility index (Phi) is 5.97. The molecule has 0 aromatic heterocycles. The number of amides is 1. The van der Waals surface area contributed by atoms with Gasteiger partial charge in [0.2, 0.25) is 6.79 Å². The Morgan fingerprint density at radius 2 is 1.86 bits per heavy atom. The molecule has 3 heterocycles. The molecule has 0 spiro atoms. The van der Waals surface area contributed by atoms with Crippen LogP contribution in [0.5, 0.6) is 23.0 Å². The first kappa shape index (κ1) is 23.7. The average Bonchev–Trinajstić information content (AvgIpc) is 3.48. The summed E-state index contributed by atoms with van der Waals surface area (Å²) in [6.45, 7) is 5.04. The minimum atomic E-state index is -0.594. The maximum absolute atomic E-state index is 14.0. The molecule has 2 aromatic rings. The van der Waals surface area contributed by atoms with Crippen LogP contribution in [0.25, 0.3) is 0 Å². The van der Waals surface area contributed by atoms with E-state index in [1.54, 1.807) is 12.0 Å². The van der Waals surface area contributed by atoms with Crippen LogP contribution in [0.1, 0.15) is 50.3 Å². The molecule has 1 saturated carbocycles. The number of hydrogen-bond acceptors (Lipinski definition) is 7. The van der Waals surface area contributed by atoms with Gasteiger partial charge in [-0.15, -0.1) is 0 Å². The van der Waals surface area contributed by atoms with Crippen LogP contribution in [0.2, 0.25) is 0 Å². The van der Waals surface area contributed by atoms with Gasteiger partial charge in [-0.25, -0.2) is 0 Å². The second-order valence-electron chi connectivity index (χ2n) is 10.2. The smallest absolute Gasteiger partial charge is 0.290 e. The fraction of sp³-hybridized carbons (Fsp3) is 0.448. The molecule has 0 saturated heterocycles. The first-order chi connectivity index (χ1) is 18.0. The Bertz CT molecular complexity index is 1290. The summed E-state index contributed by atoms with van der Waals surface area (Å²) in [5.41, 5.74) is 2.10. The zero-order valence-electron chi connectivity index (χ0n) is 21.3. The van der Waals surface area contributed by atoms with Crippen molar-refractivity contribution in [2.45, 2.75) is 51.8 Å². The summed E-state index contributed by atoms with van der Waals surface area (Å²) >= 11 is 0. The molecule has 0 bridgehead atoms. The van der Waals surface area contributed by atoms with Crippen LogP contribution in [0.15, 0.2) is 47.7 Å². The van der Waals surface area contributed by atoms with Gasteiger partial charge >= 0.3 is 0 Å². The number of rotatable bonds is 6. The Morgan fingerprint density at radius 1 is 1.03 bits per heavy atom. The topological polar surface area (TPSA) is 83.5 Å². The fourth-order valence-electron chi connectivity index (χ4n) is 6.00. The molecule has 6 rings (SSSR count). The highest BCUT2D eigenvalue weighted by molar-refractivity contribution is 6.11. The third kappa shape index (κ3) is 3.99. The number of carbonyl (C=O) groups is 2. The Labute approximate surface area is 216 Å². The lowest BCUT2D eigenvalue weighted by molar-refractivity contribution is -0.136. The van der Waals surface area contributed by atoms with Crippen molar-refractivity contribution >= 4 is 11.7 Å². The summed E-state index contributed by atoms with van der Waals surface area (Å²) in [6, 6.07) is 10.6. The summed E-state index contributed by atoms with van der Waals surface area (Å²) in [5.74, 6) is 2.66. The van der Waals surface area contributed by atoms with E-state index >= 15 is 0 Å². The van der Waals surface area contributed by atoms with E-state index in [2.05, 4.69) is 6.92 Å². The maximum atomic E-state index is 14.0. The van der Waals surface area contributed by atoms with Crippen LogP contribution in [-0.4, -0.2) is 43.2 Å². The van der Waals surface area contributed by atoms with Crippen molar-refractivity contribution in [3.05, 3.63) is 58.9 Å². The van der Waals surface area contributed by atoms with Crippen molar-refractivity contribution in [1.29, 1.82) is 0 Å². The van der Waals surface area contributed by atoms with E-state index in [-0.39, 0.29) is 42.8 Å². The fourth-order valence-corrected chi connectivity index (χ4v) is 6.00. The zero-order valence-corrected chi connectivity index (χ0v) is 21.3. The number of ketones is 1. The van der Waals surface area contributed by atoms with E-state index in [0.717, 1.165) is 30.4 Å². The standard InChI is InChI=1S/C29H31NO7/c1-4-34-21-10-7-18(13-23(21)33-3)26-25-27(31)19-11-16(2)5-8-20(19)37-28(25)29(32)30(26)14-17-6-9-22-24(12-17)36-15-35-22/h6-7,9-10,12-13,16,19-20,26H,4-5,8,11,14-15H2,1-3H3. The van der Waals surface area contributed by atoms with Crippen LogP contribution < -0.4 is 18.9 Å². The van der Waals surface area contributed by atoms with Crippen molar-refractivity contribution in [2.24, 2.45) is 11.8 Å². The number of ether oxygens (including phenoxy) is 5. The summed E-state index contributed by atoms with van der Waals surface area (Å²) < 4.78 is 28.6. The largest absolute Gasteiger partial charge is 0.493 e. The number of fused-ring (bicyclic) bond motifs is 2. The second kappa shape index (κ2) is 9.32. The third-order valence-corrected chi connectivity index (χ3v) is 7.80. The van der Waals surface area contributed by atoms with Crippen LogP contribution in [0.3, 0.4) is 0 Å². The first-order valence-electron chi connectivity index (χ1n) is 12.9. The minimum absolute atomic E-state index is 0.0252. The van der Waals surface area contributed by atoms with Gasteiger partial charge in [0.05, 0.1) is 31.2 Å². The minimum Gasteiger partial charge on any atom is -0.493 e. The van der Waals surface area contributed by atoms with E-state index in [1.807, 2.05) is 43.3 Å². The lowest BCUT2D eigenvalue weighted by Gasteiger charge is -2.37. The molecule has 3 aliphatic heterocycles. The van der Waals surface area contributed by atoms with Gasteiger partial charge in [0.1, 0.15) is 6.10 Å². The molecule has 194 valence electrons. The average molecular weight is 506 g/mol. The highest BCUT2D eigenvalue weighted by Crippen LogP contribution is 2.49. The monoisotopic (exact) mass is 505 g/mol. The van der Waals surface area contributed by atoms with Gasteiger partial charge in [0.25, 0.3) is 5.91 Å². The van der Waals surface area contributed by atoms with Crippen molar-refractivity contribution in [3.8, 4) is 23.0 Å². The summed E-state index contributed by atoms with van der Waals surface area (Å²) in [5, 5.41) is 0. The zero-order chi connectivity index (χ0) is 25.7. The number of nitrogens with zero attached hydrogens (tertiary/aromatic N) is 1. The molecular formula is C29H31NO7. The molecule has 1 amide bonds. The van der Waals surface area contributed by atoms with Gasteiger partial charge < -0.3 is 28.6 Å². The normalized spacial score (nSPS) is 26.1. The maximum Gasteiger partial charge on any atom is 0.290 e.